The van der Waals surface area contributed by atoms with E-state index in [1.54, 1.807) is 6.20 Å². The first-order chi connectivity index (χ1) is 8.63. The zero-order valence-corrected chi connectivity index (χ0v) is 10.6. The molecule has 0 radical (unpaired) electrons. The molecular weight excluding hydrogens is 224 g/mol. The molecule has 1 unspecified atom stereocenters. The Hall–Kier alpha value is -2.28. The lowest BCUT2D eigenvalue weighted by Gasteiger charge is -2.22. The van der Waals surface area contributed by atoms with Gasteiger partial charge in [0.05, 0.1) is 23.2 Å². The van der Waals surface area contributed by atoms with E-state index < -0.39 is 0 Å². The quantitative estimate of drug-likeness (QED) is 0.837. The van der Waals surface area contributed by atoms with E-state index in [0.717, 1.165) is 22.3 Å². The first-order valence-corrected chi connectivity index (χ1v) is 5.87. The average molecular weight is 240 g/mol. The van der Waals surface area contributed by atoms with Crippen molar-refractivity contribution in [3.63, 3.8) is 0 Å². The summed E-state index contributed by atoms with van der Waals surface area (Å²) >= 11 is 0. The third-order valence-corrected chi connectivity index (χ3v) is 2.96. The number of hydrogen-bond acceptors (Lipinski definition) is 4. The van der Waals surface area contributed by atoms with Crippen LogP contribution in [-0.4, -0.2) is 18.6 Å². The number of pyridine rings is 1. The molecule has 4 heteroatoms. The van der Waals surface area contributed by atoms with E-state index in [1.807, 2.05) is 43.1 Å². The minimum Gasteiger partial charge on any atom is -0.398 e. The maximum Gasteiger partial charge on any atom is 0.0955 e. The van der Waals surface area contributed by atoms with Gasteiger partial charge in [0.15, 0.2) is 0 Å². The lowest BCUT2D eigenvalue weighted by atomic mass is 10.1. The van der Waals surface area contributed by atoms with Crippen molar-refractivity contribution in [1.82, 2.24) is 4.98 Å². The molecule has 1 aromatic carbocycles. The van der Waals surface area contributed by atoms with Gasteiger partial charge in [0.2, 0.25) is 0 Å². The van der Waals surface area contributed by atoms with Gasteiger partial charge in [-0.3, -0.25) is 4.98 Å². The van der Waals surface area contributed by atoms with E-state index in [9.17, 15) is 0 Å². The second-order valence-electron chi connectivity index (χ2n) is 4.48. The molecule has 0 aliphatic rings. The normalized spacial score (nSPS) is 12.1. The van der Waals surface area contributed by atoms with Crippen LogP contribution in [0.4, 0.5) is 11.4 Å². The molecule has 1 aromatic heterocycles. The van der Waals surface area contributed by atoms with Gasteiger partial charge in [-0.15, -0.1) is 0 Å². The van der Waals surface area contributed by atoms with Gasteiger partial charge in [-0.1, -0.05) is 0 Å². The molecule has 0 aliphatic carbocycles. The highest BCUT2D eigenvalue weighted by Gasteiger charge is 2.11. The van der Waals surface area contributed by atoms with Crippen LogP contribution in [0.5, 0.6) is 0 Å². The molecule has 0 saturated heterocycles. The summed E-state index contributed by atoms with van der Waals surface area (Å²) in [5.41, 5.74) is 8.55. The third kappa shape index (κ3) is 2.21. The van der Waals surface area contributed by atoms with E-state index in [4.69, 9.17) is 11.0 Å². The molecule has 2 aromatic rings. The first-order valence-electron chi connectivity index (χ1n) is 5.87. The summed E-state index contributed by atoms with van der Waals surface area (Å²) in [6.45, 7) is 2.58. The lowest BCUT2D eigenvalue weighted by Crippen LogP contribution is -2.23. The molecular formula is C14H16N4. The zero-order chi connectivity index (χ0) is 13.1. The Morgan fingerprint density at radius 2 is 2.22 bits per heavy atom. The number of nitrogens with zero attached hydrogens (tertiary/aromatic N) is 3. The number of anilines is 2. The summed E-state index contributed by atoms with van der Waals surface area (Å²) in [6.07, 6.45) is 1.76. The van der Waals surface area contributed by atoms with Crippen LogP contribution >= 0.6 is 0 Å². The highest BCUT2D eigenvalue weighted by atomic mass is 15.1. The van der Waals surface area contributed by atoms with Gasteiger partial charge in [0, 0.05) is 30.9 Å². The molecule has 2 rings (SSSR count). The minimum atomic E-state index is -0.0219. The van der Waals surface area contributed by atoms with Crippen LogP contribution < -0.4 is 10.6 Å². The summed E-state index contributed by atoms with van der Waals surface area (Å²) in [4.78, 5) is 6.44. The number of rotatable bonds is 3. The maximum absolute atomic E-state index is 8.88. The van der Waals surface area contributed by atoms with Crippen LogP contribution in [0.1, 0.15) is 6.92 Å². The topological polar surface area (TPSA) is 65.9 Å². The largest absolute Gasteiger partial charge is 0.398 e. The fourth-order valence-electron chi connectivity index (χ4n) is 2.04. The van der Waals surface area contributed by atoms with Crippen molar-refractivity contribution in [3.8, 4) is 6.07 Å². The molecule has 92 valence electrons. The molecule has 1 atom stereocenters. The molecule has 0 aliphatic heterocycles. The van der Waals surface area contributed by atoms with Crippen LogP contribution in [0.15, 0.2) is 30.5 Å². The van der Waals surface area contributed by atoms with Crippen molar-refractivity contribution in [2.45, 2.75) is 6.92 Å². The van der Waals surface area contributed by atoms with E-state index in [-0.39, 0.29) is 5.92 Å². The number of nitrogens with two attached hydrogens (primary N) is 1. The smallest absolute Gasteiger partial charge is 0.0955 e. The number of nitrogen functional groups attached to an aromatic ring is 1. The Morgan fingerprint density at radius 3 is 2.94 bits per heavy atom. The lowest BCUT2D eigenvalue weighted by molar-refractivity contribution is 0.717. The van der Waals surface area contributed by atoms with Crippen LogP contribution in [-0.2, 0) is 0 Å². The fourth-order valence-corrected chi connectivity index (χ4v) is 2.04. The third-order valence-electron chi connectivity index (χ3n) is 2.96. The predicted molar refractivity (Wildman–Crippen MR) is 74.2 cm³/mol. The van der Waals surface area contributed by atoms with Gasteiger partial charge < -0.3 is 10.6 Å². The Morgan fingerprint density at radius 1 is 1.44 bits per heavy atom. The van der Waals surface area contributed by atoms with E-state index in [2.05, 4.69) is 11.1 Å². The van der Waals surface area contributed by atoms with Gasteiger partial charge in [-0.25, -0.2) is 0 Å². The van der Waals surface area contributed by atoms with Gasteiger partial charge in [0.25, 0.3) is 0 Å². The van der Waals surface area contributed by atoms with Crippen LogP contribution in [0, 0.1) is 17.2 Å². The van der Waals surface area contributed by atoms with Gasteiger partial charge >= 0.3 is 0 Å². The van der Waals surface area contributed by atoms with Gasteiger partial charge in [-0.05, 0) is 31.2 Å². The summed E-state index contributed by atoms with van der Waals surface area (Å²) in [6, 6.07) is 9.91. The van der Waals surface area contributed by atoms with Crippen molar-refractivity contribution in [1.29, 1.82) is 5.26 Å². The highest BCUT2D eigenvalue weighted by molar-refractivity contribution is 5.98. The standard InChI is InChI=1S/C14H16N4/c1-10(8-15)9-18(2)13-6-5-12(16)11-4-3-7-17-14(11)13/h3-7,10H,9,16H2,1-2H3. The van der Waals surface area contributed by atoms with E-state index in [0.29, 0.717) is 6.54 Å². The molecule has 1 heterocycles. The summed E-state index contributed by atoms with van der Waals surface area (Å²) < 4.78 is 0. The van der Waals surface area contributed by atoms with E-state index in [1.165, 1.54) is 0 Å². The van der Waals surface area contributed by atoms with E-state index >= 15 is 0 Å². The van der Waals surface area contributed by atoms with Gasteiger partial charge in [-0.2, -0.15) is 5.26 Å². The van der Waals surface area contributed by atoms with Crippen molar-refractivity contribution in [3.05, 3.63) is 30.5 Å². The molecule has 2 N–H and O–H groups in total. The van der Waals surface area contributed by atoms with Crippen molar-refractivity contribution < 1.29 is 0 Å². The number of hydrogen-bond donors (Lipinski definition) is 1. The molecule has 0 amide bonds. The summed E-state index contributed by atoms with van der Waals surface area (Å²) in [5.74, 6) is -0.0219. The molecule has 4 nitrogen and oxygen atoms in total. The van der Waals surface area contributed by atoms with Crippen LogP contribution in [0.2, 0.25) is 0 Å². The number of benzene rings is 1. The van der Waals surface area contributed by atoms with Crippen LogP contribution in [0.3, 0.4) is 0 Å². The first kappa shape index (κ1) is 12.2. The second-order valence-corrected chi connectivity index (χ2v) is 4.48. The Kier molecular flexibility index (Phi) is 3.33. The molecule has 0 saturated carbocycles. The second kappa shape index (κ2) is 4.92. The Balaban J connectivity index is 2.46. The Labute approximate surface area is 107 Å². The highest BCUT2D eigenvalue weighted by Crippen LogP contribution is 2.28. The Bertz CT molecular complexity index is 600. The van der Waals surface area contributed by atoms with Gasteiger partial charge in [0.1, 0.15) is 0 Å². The minimum absolute atomic E-state index is 0.0219. The SMILES string of the molecule is CC(C#N)CN(C)c1ccc(N)c2cccnc12. The van der Waals surface area contributed by atoms with Crippen molar-refractivity contribution in [2.75, 3.05) is 24.2 Å². The predicted octanol–water partition coefficient (Wildman–Crippen LogP) is 2.41. The summed E-state index contributed by atoms with van der Waals surface area (Å²) in [5, 5.41) is 9.83. The van der Waals surface area contributed by atoms with Crippen LogP contribution in [0.25, 0.3) is 10.9 Å². The van der Waals surface area contributed by atoms with Crippen molar-refractivity contribution in [2.24, 2.45) is 5.92 Å². The average Bonchev–Trinajstić information content (AvgIpc) is 2.39. The number of aromatic nitrogens is 1. The van der Waals surface area contributed by atoms with Crippen molar-refractivity contribution >= 4 is 22.3 Å². The zero-order valence-electron chi connectivity index (χ0n) is 10.6. The number of fused-ring (bicyclic) bond motifs is 1. The molecule has 0 fully saturated rings. The maximum atomic E-state index is 8.88. The molecule has 0 spiro atoms. The number of nitriles is 1. The summed E-state index contributed by atoms with van der Waals surface area (Å²) in [7, 11) is 1.97. The fraction of sp³-hybridized carbons (Fsp3) is 0.286. The monoisotopic (exact) mass is 240 g/mol. The molecule has 0 bridgehead atoms. The molecule has 18 heavy (non-hydrogen) atoms.